The highest BCUT2D eigenvalue weighted by molar-refractivity contribution is 9.10. The number of aromatic nitrogens is 1. The number of nitrogen functional groups attached to an aromatic ring is 1. The van der Waals surface area contributed by atoms with E-state index in [1.165, 1.54) is 6.07 Å². The summed E-state index contributed by atoms with van der Waals surface area (Å²) < 4.78 is 40.6. The number of nitrogens with two attached hydrogens (primary N) is 1. The summed E-state index contributed by atoms with van der Waals surface area (Å²) in [5.74, 6) is 0.108. The minimum Gasteiger partial charge on any atom is -0.467 e. The molecule has 4 nitrogen and oxygen atoms in total. The molecule has 0 aliphatic carbocycles. The summed E-state index contributed by atoms with van der Waals surface area (Å²) in [5, 5.41) is 2.64. The van der Waals surface area contributed by atoms with Crippen molar-refractivity contribution in [3.05, 3.63) is 10.5 Å². The Labute approximate surface area is 98.1 Å². The molecule has 0 saturated heterocycles. The molecule has 0 amide bonds. The highest BCUT2D eigenvalue weighted by atomic mass is 79.9. The number of alkyl halides is 3. The minimum absolute atomic E-state index is 0.157. The molecule has 1 heterocycles. The molecule has 0 radical (unpaired) electrons. The van der Waals surface area contributed by atoms with Gasteiger partial charge < -0.3 is 15.8 Å². The number of anilines is 2. The molecule has 8 heteroatoms. The number of hydrogen-bond acceptors (Lipinski definition) is 4. The van der Waals surface area contributed by atoms with E-state index in [1.54, 1.807) is 7.05 Å². The third-order valence-electron chi connectivity index (χ3n) is 1.58. The zero-order valence-corrected chi connectivity index (χ0v) is 9.82. The fourth-order valence-electron chi connectivity index (χ4n) is 0.938. The van der Waals surface area contributed by atoms with Gasteiger partial charge >= 0.3 is 6.18 Å². The van der Waals surface area contributed by atoms with Crippen molar-refractivity contribution in [3.63, 3.8) is 0 Å². The van der Waals surface area contributed by atoms with Gasteiger partial charge in [-0.05, 0) is 22.0 Å². The Balaban J connectivity index is 2.88. The van der Waals surface area contributed by atoms with Crippen molar-refractivity contribution in [1.29, 1.82) is 0 Å². The van der Waals surface area contributed by atoms with Gasteiger partial charge in [0.2, 0.25) is 5.88 Å². The van der Waals surface area contributed by atoms with Gasteiger partial charge in [-0.15, -0.1) is 0 Å². The summed E-state index contributed by atoms with van der Waals surface area (Å²) in [7, 11) is 1.56. The van der Waals surface area contributed by atoms with Gasteiger partial charge in [-0.25, -0.2) is 0 Å². The van der Waals surface area contributed by atoms with Gasteiger partial charge in [-0.2, -0.15) is 18.2 Å². The van der Waals surface area contributed by atoms with Gasteiger partial charge in [0.05, 0.1) is 10.2 Å². The molecule has 0 unspecified atom stereocenters. The van der Waals surface area contributed by atoms with Gasteiger partial charge in [0.1, 0.15) is 0 Å². The average molecular weight is 300 g/mol. The second kappa shape index (κ2) is 4.77. The second-order valence-electron chi connectivity index (χ2n) is 2.87. The average Bonchev–Trinajstić information content (AvgIpc) is 2.15. The molecule has 0 fully saturated rings. The van der Waals surface area contributed by atoms with Crippen LogP contribution in [0.2, 0.25) is 0 Å². The lowest BCUT2D eigenvalue weighted by Gasteiger charge is -2.12. The zero-order chi connectivity index (χ0) is 12.3. The number of ether oxygens (including phenoxy) is 1. The lowest BCUT2D eigenvalue weighted by atomic mass is 10.4. The Kier molecular flexibility index (Phi) is 3.84. The van der Waals surface area contributed by atoms with E-state index in [0.29, 0.717) is 5.69 Å². The van der Waals surface area contributed by atoms with Gasteiger partial charge in [0.15, 0.2) is 12.4 Å². The molecule has 16 heavy (non-hydrogen) atoms. The molecule has 0 spiro atoms. The van der Waals surface area contributed by atoms with E-state index in [0.717, 1.165) is 0 Å². The van der Waals surface area contributed by atoms with Gasteiger partial charge in [-0.3, -0.25) is 0 Å². The van der Waals surface area contributed by atoms with Crippen molar-refractivity contribution in [2.75, 3.05) is 24.7 Å². The topological polar surface area (TPSA) is 60.2 Å². The summed E-state index contributed by atoms with van der Waals surface area (Å²) in [6.07, 6.45) is -4.40. The van der Waals surface area contributed by atoms with E-state index < -0.39 is 12.8 Å². The lowest BCUT2D eigenvalue weighted by Crippen LogP contribution is -2.20. The van der Waals surface area contributed by atoms with Crippen LogP contribution in [0.25, 0.3) is 0 Å². The predicted molar refractivity (Wildman–Crippen MR) is 57.4 cm³/mol. The Hall–Kier alpha value is -1.18. The first-order chi connectivity index (χ1) is 7.33. The first-order valence-electron chi connectivity index (χ1n) is 4.17. The summed E-state index contributed by atoms with van der Waals surface area (Å²) in [6, 6.07) is 1.42. The Morgan fingerprint density at radius 2 is 2.19 bits per heavy atom. The number of rotatable bonds is 3. The molecule has 3 N–H and O–H groups in total. The van der Waals surface area contributed by atoms with Gasteiger partial charge in [-0.1, -0.05) is 0 Å². The largest absolute Gasteiger partial charge is 0.467 e. The van der Waals surface area contributed by atoms with Crippen LogP contribution in [0.15, 0.2) is 10.5 Å². The molecule has 0 bridgehead atoms. The first-order valence-corrected chi connectivity index (χ1v) is 4.96. The third-order valence-corrected chi connectivity index (χ3v) is 2.15. The van der Waals surface area contributed by atoms with Crippen LogP contribution in [-0.4, -0.2) is 24.8 Å². The summed E-state index contributed by atoms with van der Waals surface area (Å²) >= 11 is 3.02. The number of nitrogens with one attached hydrogen (secondary N) is 1. The number of hydrogen-bond donors (Lipinski definition) is 2. The van der Waals surface area contributed by atoms with Crippen molar-refractivity contribution in [2.45, 2.75) is 6.18 Å². The highest BCUT2D eigenvalue weighted by Crippen LogP contribution is 2.30. The van der Waals surface area contributed by atoms with Crippen LogP contribution >= 0.6 is 15.9 Å². The van der Waals surface area contributed by atoms with Crippen molar-refractivity contribution >= 4 is 27.4 Å². The van der Waals surface area contributed by atoms with E-state index in [9.17, 15) is 13.2 Å². The van der Waals surface area contributed by atoms with E-state index in [4.69, 9.17) is 5.73 Å². The van der Waals surface area contributed by atoms with Crippen LogP contribution in [0.1, 0.15) is 0 Å². The molecule has 0 aromatic carbocycles. The van der Waals surface area contributed by atoms with Crippen LogP contribution in [0.3, 0.4) is 0 Å². The van der Waals surface area contributed by atoms with Gasteiger partial charge in [0, 0.05) is 7.05 Å². The first kappa shape index (κ1) is 12.9. The minimum atomic E-state index is -4.40. The van der Waals surface area contributed by atoms with Crippen molar-refractivity contribution < 1.29 is 17.9 Å². The molecule has 0 aliphatic rings. The monoisotopic (exact) mass is 299 g/mol. The van der Waals surface area contributed by atoms with E-state index in [1.807, 2.05) is 0 Å². The zero-order valence-electron chi connectivity index (χ0n) is 8.23. The summed E-state index contributed by atoms with van der Waals surface area (Å²) in [4.78, 5) is 3.79. The fraction of sp³-hybridized carbons (Fsp3) is 0.375. The molecular formula is C8H9BrF3N3O. The van der Waals surface area contributed by atoms with Crippen LogP contribution in [-0.2, 0) is 0 Å². The van der Waals surface area contributed by atoms with Crippen LogP contribution in [0.5, 0.6) is 5.88 Å². The normalized spacial score (nSPS) is 11.3. The maximum absolute atomic E-state index is 11.9. The Morgan fingerprint density at radius 3 is 2.69 bits per heavy atom. The van der Waals surface area contributed by atoms with E-state index >= 15 is 0 Å². The standard InChI is InChI=1S/C8H9BrF3N3O/c1-14-6-5(13)2-4(9)7(15-6)16-3-8(10,11)12/h2H,3,13H2,1H3,(H,14,15). The maximum atomic E-state index is 11.9. The fourth-order valence-corrected chi connectivity index (χ4v) is 1.39. The molecular weight excluding hydrogens is 291 g/mol. The SMILES string of the molecule is CNc1nc(OCC(F)(F)F)c(Br)cc1N. The highest BCUT2D eigenvalue weighted by Gasteiger charge is 2.29. The molecule has 1 aromatic heterocycles. The van der Waals surface area contributed by atoms with Crippen molar-refractivity contribution in [3.8, 4) is 5.88 Å². The van der Waals surface area contributed by atoms with Crippen LogP contribution < -0.4 is 15.8 Å². The van der Waals surface area contributed by atoms with E-state index in [2.05, 4.69) is 31.0 Å². The van der Waals surface area contributed by atoms with E-state index in [-0.39, 0.29) is 16.2 Å². The summed E-state index contributed by atoms with van der Waals surface area (Å²) in [5.41, 5.74) is 5.86. The van der Waals surface area contributed by atoms with Gasteiger partial charge in [0.25, 0.3) is 0 Å². The van der Waals surface area contributed by atoms with Crippen LogP contribution in [0, 0.1) is 0 Å². The molecule has 90 valence electrons. The molecule has 1 rings (SSSR count). The maximum Gasteiger partial charge on any atom is 0.422 e. The molecule has 0 aliphatic heterocycles. The number of pyridine rings is 1. The van der Waals surface area contributed by atoms with Crippen molar-refractivity contribution in [2.24, 2.45) is 0 Å². The predicted octanol–water partition coefficient (Wildman–Crippen LogP) is 2.41. The number of nitrogens with zero attached hydrogens (tertiary/aromatic N) is 1. The van der Waals surface area contributed by atoms with Crippen molar-refractivity contribution in [1.82, 2.24) is 4.98 Å². The molecule has 0 atom stereocenters. The Bertz CT molecular complexity index is 384. The second-order valence-corrected chi connectivity index (χ2v) is 3.72. The smallest absolute Gasteiger partial charge is 0.422 e. The Morgan fingerprint density at radius 1 is 1.56 bits per heavy atom. The quantitative estimate of drug-likeness (QED) is 0.900. The lowest BCUT2D eigenvalue weighted by molar-refractivity contribution is -0.154. The summed E-state index contributed by atoms with van der Waals surface area (Å²) in [6.45, 7) is -1.40. The molecule has 1 aromatic rings. The molecule has 0 saturated carbocycles. The number of halogens is 4. The third kappa shape index (κ3) is 3.44. The van der Waals surface area contributed by atoms with Crippen LogP contribution in [0.4, 0.5) is 24.7 Å².